The van der Waals surface area contributed by atoms with Gasteiger partial charge in [0.2, 0.25) is 17.7 Å². The third kappa shape index (κ3) is 8.78. The smallest absolute Gasteiger partial charge is 0.407 e. The summed E-state index contributed by atoms with van der Waals surface area (Å²) in [7, 11) is 0. The first-order valence-electron chi connectivity index (χ1n) is 14.1. The topological polar surface area (TPSA) is 152 Å². The maximum absolute atomic E-state index is 12.8. The van der Waals surface area contributed by atoms with E-state index in [-0.39, 0.29) is 32.1 Å². The molecule has 4 rings (SSSR count). The minimum Gasteiger partial charge on any atom is -0.460 e. The van der Waals surface area contributed by atoms with Crippen LogP contribution >= 0.6 is 0 Å². The van der Waals surface area contributed by atoms with Gasteiger partial charge in [-0.3, -0.25) is 19.2 Å². The molecule has 0 saturated heterocycles. The van der Waals surface area contributed by atoms with E-state index >= 15 is 0 Å². The maximum atomic E-state index is 12.8. The molecule has 3 aromatic carbocycles. The number of carbonyl (C=O) groups is 5. The minimum atomic E-state index is -1.02. The summed E-state index contributed by atoms with van der Waals surface area (Å²) in [4.78, 5) is 61.8. The van der Waals surface area contributed by atoms with E-state index in [4.69, 9.17) is 9.47 Å². The van der Waals surface area contributed by atoms with Gasteiger partial charge in [0.05, 0.1) is 6.54 Å². The minimum absolute atomic E-state index is 0.00867. The summed E-state index contributed by atoms with van der Waals surface area (Å²) in [5.41, 5.74) is 5.11. The Hall–Kier alpha value is -5.45. The third-order valence-corrected chi connectivity index (χ3v) is 6.89. The lowest BCUT2D eigenvalue weighted by atomic mass is 9.98. The second-order valence-corrected chi connectivity index (χ2v) is 9.96. The fourth-order valence-electron chi connectivity index (χ4n) is 4.83. The number of rotatable bonds is 14. The highest BCUT2D eigenvalue weighted by Gasteiger charge is 2.29. The van der Waals surface area contributed by atoms with E-state index in [1.165, 1.54) is 6.08 Å². The summed E-state index contributed by atoms with van der Waals surface area (Å²) >= 11 is 0. The van der Waals surface area contributed by atoms with Gasteiger partial charge in [0.25, 0.3) is 0 Å². The van der Waals surface area contributed by atoms with Crippen molar-refractivity contribution in [1.82, 2.24) is 21.3 Å². The molecule has 44 heavy (non-hydrogen) atoms. The summed E-state index contributed by atoms with van der Waals surface area (Å²) in [6.45, 7) is 2.33. The highest BCUT2D eigenvalue weighted by atomic mass is 16.5. The van der Waals surface area contributed by atoms with Crippen LogP contribution in [0.4, 0.5) is 4.79 Å². The van der Waals surface area contributed by atoms with E-state index in [2.05, 4.69) is 27.8 Å². The van der Waals surface area contributed by atoms with Crippen molar-refractivity contribution in [3.8, 4) is 11.1 Å². The monoisotopic (exact) mass is 598 g/mol. The molecule has 1 aliphatic rings. The quantitative estimate of drug-likeness (QED) is 0.164. The van der Waals surface area contributed by atoms with E-state index in [9.17, 15) is 24.0 Å². The van der Waals surface area contributed by atoms with Crippen molar-refractivity contribution in [2.75, 3.05) is 32.8 Å². The molecule has 0 radical (unpaired) electrons. The maximum Gasteiger partial charge on any atom is 0.407 e. The van der Waals surface area contributed by atoms with Gasteiger partial charge in [0.1, 0.15) is 32.3 Å². The lowest BCUT2D eigenvalue weighted by Gasteiger charge is -2.19. The van der Waals surface area contributed by atoms with Gasteiger partial charge in [-0.2, -0.15) is 0 Å². The molecule has 0 heterocycles. The Morgan fingerprint density at radius 1 is 0.727 bits per heavy atom. The SMILES string of the molecule is C=CCOC(=O)CNC(=O)[C@H](Cc1ccccc1)NC(=O)CNC(=O)CNC(=O)OCC1c2ccccc2-c2ccccc21. The zero-order chi connectivity index (χ0) is 31.3. The van der Waals surface area contributed by atoms with Crippen LogP contribution in [0.5, 0.6) is 0 Å². The zero-order valence-electron chi connectivity index (χ0n) is 24.0. The number of hydrogen-bond acceptors (Lipinski definition) is 7. The molecule has 0 aliphatic heterocycles. The summed E-state index contributed by atoms with van der Waals surface area (Å²) in [5, 5.41) is 9.82. The molecular formula is C33H34N4O7. The predicted molar refractivity (Wildman–Crippen MR) is 162 cm³/mol. The normalized spacial score (nSPS) is 12.1. The molecule has 11 nitrogen and oxygen atoms in total. The zero-order valence-corrected chi connectivity index (χ0v) is 24.0. The molecular weight excluding hydrogens is 564 g/mol. The van der Waals surface area contributed by atoms with Gasteiger partial charge in [-0.25, -0.2) is 4.79 Å². The molecule has 4 N–H and O–H groups in total. The average molecular weight is 599 g/mol. The molecule has 1 atom stereocenters. The predicted octanol–water partition coefficient (Wildman–Crippen LogP) is 2.21. The molecule has 11 heteroatoms. The summed E-state index contributed by atoms with van der Waals surface area (Å²) in [6.07, 6.45) is 0.787. The number of nitrogens with one attached hydrogen (secondary N) is 4. The van der Waals surface area contributed by atoms with Crippen LogP contribution in [0.2, 0.25) is 0 Å². The Kier molecular flexibility index (Phi) is 11.2. The second kappa shape index (κ2) is 15.7. The number of esters is 1. The fraction of sp³-hybridized carbons (Fsp3) is 0.242. The van der Waals surface area contributed by atoms with Gasteiger partial charge in [-0.15, -0.1) is 0 Å². The van der Waals surface area contributed by atoms with Crippen LogP contribution in [0, 0.1) is 0 Å². The van der Waals surface area contributed by atoms with Crippen molar-refractivity contribution in [1.29, 1.82) is 0 Å². The number of benzene rings is 3. The molecule has 0 saturated carbocycles. The van der Waals surface area contributed by atoms with Crippen molar-refractivity contribution in [3.05, 3.63) is 108 Å². The van der Waals surface area contributed by atoms with Gasteiger partial charge in [-0.1, -0.05) is 91.5 Å². The third-order valence-electron chi connectivity index (χ3n) is 6.89. The van der Waals surface area contributed by atoms with Crippen LogP contribution in [0.1, 0.15) is 22.6 Å². The lowest BCUT2D eigenvalue weighted by molar-refractivity contribution is -0.143. The van der Waals surface area contributed by atoms with Gasteiger partial charge >= 0.3 is 12.1 Å². The van der Waals surface area contributed by atoms with Crippen LogP contribution in [-0.2, 0) is 35.1 Å². The molecule has 4 amide bonds. The number of alkyl carbamates (subject to hydrolysis) is 1. The van der Waals surface area contributed by atoms with Crippen molar-refractivity contribution < 1.29 is 33.4 Å². The first kappa shape index (κ1) is 31.5. The molecule has 0 aromatic heterocycles. The summed E-state index contributed by atoms with van der Waals surface area (Å²) < 4.78 is 10.3. The first-order chi connectivity index (χ1) is 21.4. The largest absolute Gasteiger partial charge is 0.460 e. The molecule has 0 spiro atoms. The summed E-state index contributed by atoms with van der Waals surface area (Å²) in [5.74, 6) is -2.63. The van der Waals surface area contributed by atoms with Crippen molar-refractivity contribution in [3.63, 3.8) is 0 Å². The number of amides is 4. The number of fused-ring (bicyclic) bond motifs is 3. The number of hydrogen-bond donors (Lipinski definition) is 4. The first-order valence-corrected chi connectivity index (χ1v) is 14.1. The molecule has 1 aliphatic carbocycles. The number of ether oxygens (including phenoxy) is 2. The lowest BCUT2D eigenvalue weighted by Crippen LogP contribution is -2.51. The van der Waals surface area contributed by atoms with Crippen LogP contribution < -0.4 is 21.3 Å². The molecule has 3 aromatic rings. The van der Waals surface area contributed by atoms with Crippen LogP contribution in [0.15, 0.2) is 91.5 Å². The Bertz CT molecular complexity index is 1460. The van der Waals surface area contributed by atoms with Gasteiger partial charge in [0.15, 0.2) is 0 Å². The van der Waals surface area contributed by atoms with E-state index < -0.39 is 48.9 Å². The van der Waals surface area contributed by atoms with E-state index in [1.54, 1.807) is 24.3 Å². The second-order valence-electron chi connectivity index (χ2n) is 9.96. The summed E-state index contributed by atoms with van der Waals surface area (Å²) in [6, 6.07) is 23.9. The van der Waals surface area contributed by atoms with Gasteiger partial charge in [0, 0.05) is 12.3 Å². The van der Waals surface area contributed by atoms with Crippen LogP contribution in [-0.4, -0.2) is 68.7 Å². The average Bonchev–Trinajstić information content (AvgIpc) is 3.37. The molecule has 0 unspecified atom stereocenters. The molecule has 0 bridgehead atoms. The van der Waals surface area contributed by atoms with Crippen molar-refractivity contribution in [2.24, 2.45) is 0 Å². The van der Waals surface area contributed by atoms with Crippen molar-refractivity contribution in [2.45, 2.75) is 18.4 Å². The van der Waals surface area contributed by atoms with Crippen LogP contribution in [0.3, 0.4) is 0 Å². The molecule has 0 fully saturated rings. The Labute approximate surface area is 255 Å². The van der Waals surface area contributed by atoms with E-state index in [0.29, 0.717) is 0 Å². The van der Waals surface area contributed by atoms with E-state index in [0.717, 1.165) is 27.8 Å². The Balaban J connectivity index is 1.22. The Morgan fingerprint density at radius 3 is 2.00 bits per heavy atom. The number of carbonyl (C=O) groups excluding carboxylic acids is 5. The van der Waals surface area contributed by atoms with Gasteiger partial charge in [-0.05, 0) is 27.8 Å². The highest BCUT2D eigenvalue weighted by molar-refractivity contribution is 5.92. The van der Waals surface area contributed by atoms with Gasteiger partial charge < -0.3 is 30.7 Å². The molecule has 228 valence electrons. The van der Waals surface area contributed by atoms with Crippen LogP contribution in [0.25, 0.3) is 11.1 Å². The fourth-order valence-corrected chi connectivity index (χ4v) is 4.83. The van der Waals surface area contributed by atoms with E-state index in [1.807, 2.05) is 54.6 Å². The standard InChI is InChI=1S/C33H34N4O7/c1-2-16-43-31(40)20-35-32(41)28(17-22-10-4-3-5-11-22)37-30(39)19-34-29(38)18-36-33(42)44-21-27-25-14-8-6-12-23(25)24-13-7-9-15-26(24)27/h2-15,27-28H,1,16-21H2,(H,34,38)(H,35,41)(H,36,42)(H,37,39)/t28-/m0/s1. The Morgan fingerprint density at radius 2 is 1.34 bits per heavy atom. The van der Waals surface area contributed by atoms with Crippen molar-refractivity contribution >= 4 is 29.8 Å². The highest BCUT2D eigenvalue weighted by Crippen LogP contribution is 2.44.